The Kier molecular flexibility index (Phi) is 3.67. The third-order valence-corrected chi connectivity index (χ3v) is 3.28. The summed E-state index contributed by atoms with van der Waals surface area (Å²) in [4.78, 5) is 0. The summed E-state index contributed by atoms with van der Waals surface area (Å²) in [6.45, 7) is 3.53. The van der Waals surface area contributed by atoms with Gasteiger partial charge in [-0.05, 0) is 36.6 Å². The molecule has 19 heavy (non-hydrogen) atoms. The summed E-state index contributed by atoms with van der Waals surface area (Å²) in [5.74, 6) is -1.24. The van der Waals surface area contributed by atoms with E-state index in [1.165, 1.54) is 12.1 Å². The first kappa shape index (κ1) is 13.7. The molecule has 0 aliphatic rings. The summed E-state index contributed by atoms with van der Waals surface area (Å²) >= 11 is 0. The molecule has 100 valence electrons. The van der Waals surface area contributed by atoms with Crippen LogP contribution in [0, 0.1) is 18.6 Å². The van der Waals surface area contributed by atoms with E-state index in [0.717, 1.165) is 17.2 Å². The Balaban J connectivity index is 2.33. The number of aliphatic hydroxyl groups is 1. The molecular formula is C16H16F2O. The lowest BCUT2D eigenvalue weighted by molar-refractivity contribution is 0.0560. The molecule has 1 atom stereocenters. The second-order valence-corrected chi connectivity index (χ2v) is 5.00. The van der Waals surface area contributed by atoms with Crippen LogP contribution in [0.3, 0.4) is 0 Å². The molecule has 0 fully saturated rings. The molecule has 2 aromatic rings. The molecule has 1 unspecified atom stereocenters. The van der Waals surface area contributed by atoms with E-state index in [2.05, 4.69) is 0 Å². The molecule has 0 aromatic heterocycles. The van der Waals surface area contributed by atoms with Crippen molar-refractivity contribution in [3.63, 3.8) is 0 Å². The van der Waals surface area contributed by atoms with Crippen molar-refractivity contribution in [2.75, 3.05) is 0 Å². The number of halogens is 2. The Bertz CT molecular complexity index is 591. The first-order valence-corrected chi connectivity index (χ1v) is 6.12. The van der Waals surface area contributed by atoms with Gasteiger partial charge in [-0.25, -0.2) is 8.78 Å². The summed E-state index contributed by atoms with van der Waals surface area (Å²) in [6, 6.07) is 10.8. The fourth-order valence-corrected chi connectivity index (χ4v) is 2.31. The molecular weight excluding hydrogens is 246 g/mol. The molecule has 3 heteroatoms. The van der Waals surface area contributed by atoms with Gasteiger partial charge >= 0.3 is 0 Å². The Morgan fingerprint density at radius 2 is 1.79 bits per heavy atom. The molecule has 2 rings (SSSR count). The molecule has 0 saturated heterocycles. The zero-order valence-corrected chi connectivity index (χ0v) is 11.0. The van der Waals surface area contributed by atoms with Crippen molar-refractivity contribution in [1.82, 2.24) is 0 Å². The molecule has 2 aromatic carbocycles. The molecule has 0 heterocycles. The summed E-state index contributed by atoms with van der Waals surface area (Å²) in [6.07, 6.45) is 0.101. The highest BCUT2D eigenvalue weighted by molar-refractivity contribution is 5.33. The van der Waals surface area contributed by atoms with Crippen molar-refractivity contribution in [2.45, 2.75) is 25.9 Å². The Hall–Kier alpha value is -1.74. The highest BCUT2D eigenvalue weighted by Gasteiger charge is 2.26. The normalized spacial score (nSPS) is 14.2. The van der Waals surface area contributed by atoms with Crippen molar-refractivity contribution in [3.8, 4) is 0 Å². The van der Waals surface area contributed by atoms with E-state index in [1.54, 1.807) is 6.92 Å². The molecule has 1 N–H and O–H groups in total. The minimum Gasteiger partial charge on any atom is -0.385 e. The van der Waals surface area contributed by atoms with Gasteiger partial charge in [-0.15, -0.1) is 0 Å². The molecule has 0 radical (unpaired) electrons. The predicted octanol–water partition coefficient (Wildman–Crippen LogP) is 3.72. The van der Waals surface area contributed by atoms with E-state index in [9.17, 15) is 13.9 Å². The highest BCUT2D eigenvalue weighted by atomic mass is 19.1. The van der Waals surface area contributed by atoms with Crippen molar-refractivity contribution in [3.05, 3.63) is 70.8 Å². The summed E-state index contributed by atoms with van der Waals surface area (Å²) in [5, 5.41) is 10.6. The van der Waals surface area contributed by atoms with Gasteiger partial charge in [0, 0.05) is 12.5 Å². The van der Waals surface area contributed by atoms with Gasteiger partial charge in [-0.2, -0.15) is 0 Å². The van der Waals surface area contributed by atoms with Gasteiger partial charge in [0.2, 0.25) is 0 Å². The topological polar surface area (TPSA) is 20.2 Å². The van der Waals surface area contributed by atoms with Gasteiger partial charge < -0.3 is 5.11 Å². The largest absolute Gasteiger partial charge is 0.385 e. The highest BCUT2D eigenvalue weighted by Crippen LogP contribution is 2.28. The number of hydrogen-bond donors (Lipinski definition) is 1. The Morgan fingerprint density at radius 1 is 1.11 bits per heavy atom. The van der Waals surface area contributed by atoms with Crippen LogP contribution in [-0.4, -0.2) is 5.11 Å². The van der Waals surface area contributed by atoms with Crippen LogP contribution in [0.25, 0.3) is 0 Å². The maximum Gasteiger partial charge on any atom is 0.129 e. The lowest BCUT2D eigenvalue weighted by Crippen LogP contribution is -2.25. The van der Waals surface area contributed by atoms with E-state index >= 15 is 0 Å². The summed E-state index contributed by atoms with van der Waals surface area (Å²) in [5.41, 5.74) is 0.799. The van der Waals surface area contributed by atoms with E-state index in [0.29, 0.717) is 5.56 Å². The number of aryl methyl sites for hydroxylation is 1. The average Bonchev–Trinajstić information content (AvgIpc) is 2.33. The van der Waals surface area contributed by atoms with Crippen LogP contribution in [0.2, 0.25) is 0 Å². The van der Waals surface area contributed by atoms with E-state index in [1.807, 2.05) is 31.2 Å². The van der Waals surface area contributed by atoms with Crippen LogP contribution in [0.15, 0.2) is 42.5 Å². The zero-order valence-electron chi connectivity index (χ0n) is 11.0. The Morgan fingerprint density at radius 3 is 2.42 bits per heavy atom. The van der Waals surface area contributed by atoms with Crippen molar-refractivity contribution >= 4 is 0 Å². The van der Waals surface area contributed by atoms with Crippen molar-refractivity contribution in [1.29, 1.82) is 0 Å². The molecule has 0 aliphatic carbocycles. The minimum atomic E-state index is -1.19. The average molecular weight is 262 g/mol. The monoisotopic (exact) mass is 262 g/mol. The summed E-state index contributed by atoms with van der Waals surface area (Å²) in [7, 11) is 0. The molecule has 0 aliphatic heterocycles. The number of rotatable bonds is 3. The van der Waals surface area contributed by atoms with Crippen LogP contribution >= 0.6 is 0 Å². The molecule has 0 amide bonds. The quantitative estimate of drug-likeness (QED) is 0.893. The smallest absolute Gasteiger partial charge is 0.129 e. The van der Waals surface area contributed by atoms with Crippen molar-refractivity contribution < 1.29 is 13.9 Å². The summed E-state index contributed by atoms with van der Waals surface area (Å²) < 4.78 is 26.5. The van der Waals surface area contributed by atoms with Gasteiger partial charge in [-0.1, -0.05) is 30.3 Å². The standard InChI is InChI=1S/C16H16F2O/c1-11-5-3-4-6-14(11)16(2,19)10-12-7-8-13(17)9-15(12)18/h3-9,19H,10H2,1-2H3. The lowest BCUT2D eigenvalue weighted by atomic mass is 9.86. The third kappa shape index (κ3) is 2.99. The molecule has 0 spiro atoms. The van der Waals surface area contributed by atoms with Gasteiger partial charge in [0.25, 0.3) is 0 Å². The first-order chi connectivity index (χ1) is 8.90. The second kappa shape index (κ2) is 5.10. The van der Waals surface area contributed by atoms with Crippen LogP contribution in [0.4, 0.5) is 8.78 Å². The predicted molar refractivity (Wildman–Crippen MR) is 70.8 cm³/mol. The van der Waals surface area contributed by atoms with E-state index < -0.39 is 17.2 Å². The lowest BCUT2D eigenvalue weighted by Gasteiger charge is -2.26. The maximum atomic E-state index is 13.6. The number of benzene rings is 2. The van der Waals surface area contributed by atoms with Gasteiger partial charge in [-0.3, -0.25) is 0 Å². The fourth-order valence-electron chi connectivity index (χ4n) is 2.31. The van der Waals surface area contributed by atoms with Crippen LogP contribution in [-0.2, 0) is 12.0 Å². The fraction of sp³-hybridized carbons (Fsp3) is 0.250. The first-order valence-electron chi connectivity index (χ1n) is 6.12. The van der Waals surface area contributed by atoms with Crippen LogP contribution in [0.1, 0.15) is 23.6 Å². The molecule has 0 bridgehead atoms. The van der Waals surface area contributed by atoms with Gasteiger partial charge in [0.15, 0.2) is 0 Å². The van der Waals surface area contributed by atoms with E-state index in [-0.39, 0.29) is 6.42 Å². The SMILES string of the molecule is Cc1ccccc1C(C)(O)Cc1ccc(F)cc1F. The van der Waals surface area contributed by atoms with E-state index in [4.69, 9.17) is 0 Å². The molecule has 1 nitrogen and oxygen atoms in total. The minimum absolute atomic E-state index is 0.101. The third-order valence-electron chi connectivity index (χ3n) is 3.28. The van der Waals surface area contributed by atoms with Crippen molar-refractivity contribution in [2.24, 2.45) is 0 Å². The van der Waals surface area contributed by atoms with Gasteiger partial charge in [0.1, 0.15) is 11.6 Å². The maximum absolute atomic E-state index is 13.6. The Labute approximate surface area is 111 Å². The number of hydrogen-bond acceptors (Lipinski definition) is 1. The van der Waals surface area contributed by atoms with Crippen LogP contribution < -0.4 is 0 Å². The molecule has 0 saturated carbocycles. The van der Waals surface area contributed by atoms with Crippen LogP contribution in [0.5, 0.6) is 0 Å². The van der Waals surface area contributed by atoms with Gasteiger partial charge in [0.05, 0.1) is 5.60 Å². The second-order valence-electron chi connectivity index (χ2n) is 5.00. The zero-order chi connectivity index (χ0) is 14.0.